The zero-order valence-electron chi connectivity index (χ0n) is 16.7. The number of aryl methyl sites for hydroxylation is 1. The van der Waals surface area contributed by atoms with Crippen LogP contribution in [-0.2, 0) is 28.6 Å². The molecule has 1 aromatic carbocycles. The Morgan fingerprint density at radius 3 is 2.46 bits per heavy atom. The molecule has 1 aromatic rings. The third-order valence-corrected chi connectivity index (χ3v) is 4.10. The molecule has 0 fully saturated rings. The van der Waals surface area contributed by atoms with Gasteiger partial charge in [0.25, 0.3) is 0 Å². The van der Waals surface area contributed by atoms with Crippen molar-refractivity contribution < 1.29 is 28.6 Å². The van der Waals surface area contributed by atoms with Gasteiger partial charge in [-0.25, -0.2) is 9.59 Å². The molecule has 0 unspecified atom stereocenters. The molecule has 152 valence electrons. The Morgan fingerprint density at radius 2 is 1.86 bits per heavy atom. The highest BCUT2D eigenvalue weighted by Crippen LogP contribution is 2.30. The SMILES string of the molecule is COC(=O)C1=C(C(=O)OC)N(c2ccc(C)c(NC(=O)CN(C)C)c2)COC1. The molecule has 0 aromatic heterocycles. The van der Waals surface area contributed by atoms with Crippen LogP contribution in [0, 0.1) is 6.92 Å². The zero-order valence-corrected chi connectivity index (χ0v) is 16.7. The molecule has 1 amide bonds. The summed E-state index contributed by atoms with van der Waals surface area (Å²) in [5, 5.41) is 2.85. The Balaban J connectivity index is 2.44. The maximum Gasteiger partial charge on any atom is 0.355 e. The number of esters is 2. The van der Waals surface area contributed by atoms with E-state index in [1.165, 1.54) is 19.1 Å². The van der Waals surface area contributed by atoms with Gasteiger partial charge >= 0.3 is 11.9 Å². The number of methoxy groups -OCH3 is 2. The number of ether oxygens (including phenoxy) is 3. The molecule has 1 aliphatic rings. The van der Waals surface area contributed by atoms with Crippen LogP contribution in [0.15, 0.2) is 29.5 Å². The van der Waals surface area contributed by atoms with Gasteiger partial charge in [0.15, 0.2) is 0 Å². The van der Waals surface area contributed by atoms with Crippen LogP contribution < -0.4 is 10.2 Å². The van der Waals surface area contributed by atoms with Gasteiger partial charge in [-0.1, -0.05) is 6.07 Å². The second-order valence-electron chi connectivity index (χ2n) is 6.50. The van der Waals surface area contributed by atoms with Crippen molar-refractivity contribution in [3.8, 4) is 0 Å². The van der Waals surface area contributed by atoms with Crippen molar-refractivity contribution in [1.82, 2.24) is 4.90 Å². The molecule has 9 nitrogen and oxygen atoms in total. The average molecular weight is 391 g/mol. The van der Waals surface area contributed by atoms with E-state index in [0.717, 1.165) is 5.56 Å². The lowest BCUT2D eigenvalue weighted by atomic mass is 10.1. The molecule has 0 atom stereocenters. The van der Waals surface area contributed by atoms with Gasteiger partial charge in [0.1, 0.15) is 12.4 Å². The van der Waals surface area contributed by atoms with Crippen molar-refractivity contribution in [3.05, 3.63) is 35.0 Å². The largest absolute Gasteiger partial charge is 0.466 e. The Kier molecular flexibility index (Phi) is 7.13. The van der Waals surface area contributed by atoms with Crippen LogP contribution in [0.2, 0.25) is 0 Å². The standard InChI is InChI=1S/C19H25N3O6/c1-12-6-7-13(8-15(12)20-16(23)9-21(2)3)22-11-28-10-14(18(24)26-4)17(22)19(25)27-5/h6-8H,9-11H2,1-5H3,(H,20,23). The Morgan fingerprint density at radius 1 is 1.18 bits per heavy atom. The van der Waals surface area contributed by atoms with Crippen molar-refractivity contribution in [3.63, 3.8) is 0 Å². The molecular weight excluding hydrogens is 366 g/mol. The van der Waals surface area contributed by atoms with Crippen molar-refractivity contribution in [2.45, 2.75) is 6.92 Å². The third-order valence-electron chi connectivity index (χ3n) is 4.10. The van der Waals surface area contributed by atoms with Gasteiger partial charge in [0.2, 0.25) is 5.91 Å². The highest BCUT2D eigenvalue weighted by molar-refractivity contribution is 6.03. The van der Waals surface area contributed by atoms with E-state index in [2.05, 4.69) is 5.32 Å². The molecule has 0 saturated carbocycles. The van der Waals surface area contributed by atoms with E-state index in [1.54, 1.807) is 31.1 Å². The number of anilines is 2. The fraction of sp³-hybridized carbons (Fsp3) is 0.421. The monoisotopic (exact) mass is 391 g/mol. The van der Waals surface area contributed by atoms with Crippen molar-refractivity contribution in [1.29, 1.82) is 0 Å². The van der Waals surface area contributed by atoms with E-state index in [1.807, 2.05) is 13.0 Å². The second-order valence-corrected chi connectivity index (χ2v) is 6.50. The molecule has 1 aliphatic heterocycles. The van der Waals surface area contributed by atoms with Gasteiger partial charge in [-0.3, -0.25) is 4.79 Å². The number of carbonyl (C=O) groups excluding carboxylic acids is 3. The van der Waals surface area contributed by atoms with Gasteiger partial charge in [-0.15, -0.1) is 0 Å². The van der Waals surface area contributed by atoms with Crippen molar-refractivity contribution >= 4 is 29.2 Å². The summed E-state index contributed by atoms with van der Waals surface area (Å²) in [6, 6.07) is 5.29. The lowest BCUT2D eigenvalue weighted by Gasteiger charge is -2.31. The van der Waals surface area contributed by atoms with E-state index in [-0.39, 0.29) is 37.1 Å². The minimum absolute atomic E-state index is 0.0407. The van der Waals surface area contributed by atoms with Crippen LogP contribution in [0.3, 0.4) is 0 Å². The lowest BCUT2D eigenvalue weighted by Crippen LogP contribution is -2.38. The molecule has 0 saturated heterocycles. The molecule has 9 heteroatoms. The fourth-order valence-electron chi connectivity index (χ4n) is 2.74. The number of hydrogen-bond acceptors (Lipinski definition) is 8. The molecule has 0 bridgehead atoms. The summed E-state index contributed by atoms with van der Waals surface area (Å²) in [5.41, 5.74) is 2.13. The smallest absolute Gasteiger partial charge is 0.355 e. The first-order valence-electron chi connectivity index (χ1n) is 8.58. The normalized spacial score (nSPS) is 14.1. The summed E-state index contributed by atoms with van der Waals surface area (Å²) in [7, 11) is 6.07. The summed E-state index contributed by atoms with van der Waals surface area (Å²) in [5.74, 6) is -1.52. The molecule has 0 aliphatic carbocycles. The maximum atomic E-state index is 12.4. The molecule has 0 spiro atoms. The van der Waals surface area contributed by atoms with Crippen LogP contribution >= 0.6 is 0 Å². The highest BCUT2D eigenvalue weighted by atomic mass is 16.5. The molecule has 28 heavy (non-hydrogen) atoms. The summed E-state index contributed by atoms with van der Waals surface area (Å²) >= 11 is 0. The molecular formula is C19H25N3O6. The van der Waals surface area contributed by atoms with E-state index in [9.17, 15) is 14.4 Å². The van der Waals surface area contributed by atoms with Crippen LogP contribution in [0.4, 0.5) is 11.4 Å². The summed E-state index contributed by atoms with van der Waals surface area (Å²) in [6.45, 7) is 2.07. The van der Waals surface area contributed by atoms with E-state index in [4.69, 9.17) is 14.2 Å². The fourth-order valence-corrected chi connectivity index (χ4v) is 2.74. The molecule has 1 N–H and O–H groups in total. The van der Waals surface area contributed by atoms with Crippen LogP contribution in [0.25, 0.3) is 0 Å². The average Bonchev–Trinajstić information content (AvgIpc) is 2.67. The predicted octanol–water partition coefficient (Wildman–Crippen LogP) is 0.889. The maximum absolute atomic E-state index is 12.4. The first-order valence-corrected chi connectivity index (χ1v) is 8.58. The summed E-state index contributed by atoms with van der Waals surface area (Å²) in [6.07, 6.45) is 0. The minimum Gasteiger partial charge on any atom is -0.466 e. The summed E-state index contributed by atoms with van der Waals surface area (Å²) < 4.78 is 15.1. The predicted molar refractivity (Wildman–Crippen MR) is 103 cm³/mol. The molecule has 2 rings (SSSR count). The van der Waals surface area contributed by atoms with E-state index in [0.29, 0.717) is 11.4 Å². The molecule has 0 radical (unpaired) electrons. The number of amides is 1. The number of likely N-dealkylation sites (N-methyl/N-ethyl adjacent to an activating group) is 1. The molecule has 1 heterocycles. The topological polar surface area (TPSA) is 97.4 Å². The van der Waals surface area contributed by atoms with E-state index >= 15 is 0 Å². The van der Waals surface area contributed by atoms with Crippen molar-refractivity contribution in [2.24, 2.45) is 0 Å². The van der Waals surface area contributed by atoms with Crippen LogP contribution in [-0.4, -0.2) is 70.9 Å². The van der Waals surface area contributed by atoms with Crippen molar-refractivity contribution in [2.75, 3.05) is 58.4 Å². The van der Waals surface area contributed by atoms with Gasteiger partial charge in [-0.2, -0.15) is 0 Å². The van der Waals surface area contributed by atoms with E-state index < -0.39 is 11.9 Å². The quantitative estimate of drug-likeness (QED) is 0.714. The Labute approximate surface area is 163 Å². The number of carbonyl (C=O) groups is 3. The van der Waals surface area contributed by atoms with Crippen LogP contribution in [0.5, 0.6) is 0 Å². The Bertz CT molecular complexity index is 803. The minimum atomic E-state index is -0.678. The number of hydrogen-bond donors (Lipinski definition) is 1. The van der Waals surface area contributed by atoms with Gasteiger partial charge < -0.3 is 29.3 Å². The first-order chi connectivity index (χ1) is 13.3. The number of nitrogens with one attached hydrogen (secondary N) is 1. The number of rotatable bonds is 6. The lowest BCUT2D eigenvalue weighted by molar-refractivity contribution is -0.140. The third kappa shape index (κ3) is 4.87. The Hall–Kier alpha value is -2.91. The zero-order chi connectivity index (χ0) is 20.8. The number of nitrogens with zero attached hydrogens (tertiary/aromatic N) is 2. The van der Waals surface area contributed by atoms with Gasteiger partial charge in [0, 0.05) is 11.4 Å². The highest BCUT2D eigenvalue weighted by Gasteiger charge is 2.32. The van der Waals surface area contributed by atoms with Gasteiger partial charge in [-0.05, 0) is 38.7 Å². The number of benzene rings is 1. The van der Waals surface area contributed by atoms with Gasteiger partial charge in [0.05, 0.1) is 32.9 Å². The first kappa shape index (κ1) is 21.4. The van der Waals surface area contributed by atoms with Crippen LogP contribution in [0.1, 0.15) is 5.56 Å². The second kappa shape index (κ2) is 9.34. The summed E-state index contributed by atoms with van der Waals surface area (Å²) in [4.78, 5) is 39.9.